The van der Waals surface area contributed by atoms with Crippen molar-refractivity contribution < 1.29 is 26.7 Å². The second kappa shape index (κ2) is 11.8. The highest BCUT2D eigenvalue weighted by atomic mass is 35.5. The number of alkyl halides is 4. The highest BCUT2D eigenvalue weighted by Gasteiger charge is 2.43. The van der Waals surface area contributed by atoms with Gasteiger partial charge in [0.1, 0.15) is 11.6 Å². The molecule has 0 aliphatic rings. The molecule has 0 spiro atoms. The molecule has 0 radical (unpaired) electrons. The summed E-state index contributed by atoms with van der Waals surface area (Å²) in [6.07, 6.45) is -8.60. The molecule has 39 heavy (non-hydrogen) atoms. The zero-order chi connectivity index (χ0) is 28.2. The lowest BCUT2D eigenvalue weighted by atomic mass is 10.1. The summed E-state index contributed by atoms with van der Waals surface area (Å²) in [6, 6.07) is 15.7. The monoisotopic (exact) mass is 582 g/mol. The van der Waals surface area contributed by atoms with Gasteiger partial charge in [-0.15, -0.1) is 0 Å². The standard InChI is InChI=1S/C25H17Cl2F5N6O/c1-13(14-5-11-17(12-6-14)39-25(31,32)22(29)30)37-38-24-35-21(20-18(27)3-2-4-19(20)28)34-23(36-24)33-16-9-7-15(26)8-10-16/h2-12,22H,1H3,(H2,33,34,35,36,38)/b37-13+. The largest absolute Gasteiger partial charge is 0.461 e. The normalized spacial score (nSPS) is 12.0. The molecule has 0 fully saturated rings. The Morgan fingerprint density at radius 3 is 2.23 bits per heavy atom. The van der Waals surface area contributed by atoms with Gasteiger partial charge in [0.05, 0.1) is 16.3 Å². The van der Waals surface area contributed by atoms with Crippen molar-refractivity contribution in [2.45, 2.75) is 19.5 Å². The van der Waals surface area contributed by atoms with Crippen molar-refractivity contribution in [3.05, 3.63) is 88.2 Å². The maximum Gasteiger partial charge on any atom is 0.461 e. The Morgan fingerprint density at radius 2 is 1.59 bits per heavy atom. The lowest BCUT2D eigenvalue weighted by Gasteiger charge is -2.16. The van der Waals surface area contributed by atoms with Crippen LogP contribution in [0.1, 0.15) is 12.5 Å². The molecule has 0 atom stereocenters. The number of halogens is 7. The lowest BCUT2D eigenvalue weighted by molar-refractivity contribution is -0.253. The Morgan fingerprint density at radius 1 is 0.923 bits per heavy atom. The van der Waals surface area contributed by atoms with Crippen molar-refractivity contribution >= 4 is 46.5 Å². The Bertz CT molecular complexity index is 1470. The molecule has 7 nitrogen and oxygen atoms in total. The van der Waals surface area contributed by atoms with E-state index in [-0.39, 0.29) is 28.3 Å². The second-order valence-electron chi connectivity index (χ2n) is 7.83. The summed E-state index contributed by atoms with van der Waals surface area (Å²) in [4.78, 5) is 12.7. The molecule has 202 valence electrons. The van der Waals surface area contributed by atoms with Crippen molar-refractivity contribution in [1.82, 2.24) is 15.0 Å². The van der Waals surface area contributed by atoms with Crippen LogP contribution in [0.2, 0.25) is 10.0 Å². The summed E-state index contributed by atoms with van der Waals surface area (Å²) >= 11 is 12.1. The van der Waals surface area contributed by atoms with Crippen molar-refractivity contribution in [2.75, 3.05) is 10.7 Å². The molecule has 0 saturated heterocycles. The maximum atomic E-state index is 14.6. The van der Waals surface area contributed by atoms with E-state index in [1.54, 1.807) is 31.2 Å². The number of aromatic nitrogens is 3. The molecule has 0 unspecified atom stereocenters. The van der Waals surface area contributed by atoms with Crippen molar-refractivity contribution in [1.29, 1.82) is 0 Å². The molecule has 1 aromatic heterocycles. The molecular formula is C25H17Cl2F5N6O. The van der Waals surface area contributed by atoms with Crippen LogP contribution in [0.3, 0.4) is 0 Å². The number of anilines is 3. The smallest absolute Gasteiger partial charge is 0.428 e. The Kier molecular flexibility index (Phi) is 8.46. The maximum absolute atomic E-state index is 14.6. The molecule has 0 saturated carbocycles. The predicted octanol–water partition coefficient (Wildman–Crippen LogP) is 7.80. The summed E-state index contributed by atoms with van der Waals surface area (Å²) < 4.78 is 69.6. The third-order valence-electron chi connectivity index (χ3n) is 5.03. The zero-order valence-corrected chi connectivity index (χ0v) is 21.3. The molecule has 3 aromatic carbocycles. The van der Waals surface area contributed by atoms with Gasteiger partial charge >= 0.3 is 12.5 Å². The third-order valence-corrected chi connectivity index (χ3v) is 5.59. The fourth-order valence-electron chi connectivity index (χ4n) is 3.13. The molecule has 0 aliphatic carbocycles. The fourth-order valence-corrected chi connectivity index (χ4v) is 3.51. The Labute approximate surface area is 228 Å². The highest BCUT2D eigenvalue weighted by molar-refractivity contribution is 6.33. The van der Waals surface area contributed by atoms with Gasteiger partial charge in [-0.3, -0.25) is 0 Å². The van der Waals surface area contributed by atoms with E-state index in [2.05, 4.69) is 35.5 Å². The number of rotatable bonds is 9. The highest BCUT2D eigenvalue weighted by Crippen LogP contribution is 2.30. The van der Waals surface area contributed by atoms with Gasteiger partial charge in [-0.05, 0) is 73.2 Å². The minimum Gasteiger partial charge on any atom is -0.428 e. The van der Waals surface area contributed by atoms with Crippen LogP contribution >= 0.6 is 23.2 Å². The first-order chi connectivity index (χ1) is 18.5. The van der Waals surface area contributed by atoms with E-state index in [0.29, 0.717) is 22.0 Å². The van der Waals surface area contributed by atoms with Crippen LogP contribution in [-0.4, -0.2) is 33.2 Å². The van der Waals surface area contributed by atoms with Crippen molar-refractivity contribution in [2.24, 2.45) is 5.10 Å². The van der Waals surface area contributed by atoms with Crippen LogP contribution in [0.5, 0.6) is 5.75 Å². The molecule has 0 aliphatic heterocycles. The van der Waals surface area contributed by atoms with Crippen LogP contribution in [0.4, 0.5) is 39.5 Å². The first-order valence-corrected chi connectivity index (χ1v) is 11.8. The Hall–Kier alpha value is -4.03. The molecule has 14 heteroatoms. The average molecular weight is 583 g/mol. The summed E-state index contributed by atoms with van der Waals surface area (Å²) in [5.74, 6) is -1.23. The van der Waals surface area contributed by atoms with E-state index < -0.39 is 24.1 Å². The molecule has 0 amide bonds. The fraction of sp³-hybridized carbons (Fsp3) is 0.120. The van der Waals surface area contributed by atoms with Crippen LogP contribution < -0.4 is 15.5 Å². The summed E-state index contributed by atoms with van der Waals surface area (Å²) in [5.41, 5.74) is 3.97. The number of nitrogens with one attached hydrogen (secondary N) is 2. The number of ether oxygens (including phenoxy) is 1. The minimum atomic E-state index is -4.62. The van der Waals surface area contributed by atoms with E-state index in [0.717, 1.165) is 12.1 Å². The lowest BCUT2D eigenvalue weighted by Crippen LogP contribution is -2.33. The summed E-state index contributed by atoms with van der Waals surface area (Å²) in [6.45, 7) is 1.58. The molecule has 0 bridgehead atoms. The van der Waals surface area contributed by atoms with E-state index in [4.69, 9.17) is 23.2 Å². The summed E-state index contributed by atoms with van der Waals surface area (Å²) in [5, 5.41) is 7.73. The van der Waals surface area contributed by atoms with Gasteiger partial charge in [0, 0.05) is 10.7 Å². The predicted molar refractivity (Wildman–Crippen MR) is 139 cm³/mol. The molecule has 4 aromatic rings. The van der Waals surface area contributed by atoms with Gasteiger partial charge in [0.2, 0.25) is 11.9 Å². The molecule has 2 N–H and O–H groups in total. The molecular weight excluding hydrogens is 566 g/mol. The topological polar surface area (TPSA) is 84.3 Å². The number of hydrazone groups is 1. The van der Waals surface area contributed by atoms with Gasteiger partial charge < -0.3 is 10.1 Å². The number of hydrogen-bond donors (Lipinski definition) is 2. The molecule has 4 rings (SSSR count). The van der Waals surface area contributed by atoms with Crippen molar-refractivity contribution in [3.63, 3.8) is 0 Å². The molecule has 1 heterocycles. The van der Waals surface area contributed by atoms with E-state index >= 15 is 0 Å². The number of nitrogens with zero attached hydrogens (tertiary/aromatic N) is 4. The van der Waals surface area contributed by atoms with Gasteiger partial charge in [-0.2, -0.15) is 37.6 Å². The van der Waals surface area contributed by atoms with E-state index in [9.17, 15) is 22.0 Å². The van der Waals surface area contributed by atoms with E-state index in [1.807, 2.05) is 0 Å². The van der Waals surface area contributed by atoms with Crippen LogP contribution in [-0.2, 0) is 0 Å². The first kappa shape index (κ1) is 28.0. The van der Waals surface area contributed by atoms with E-state index in [1.165, 1.54) is 30.3 Å². The van der Waals surface area contributed by atoms with Gasteiger partial charge in [-0.1, -0.05) is 29.3 Å². The summed E-state index contributed by atoms with van der Waals surface area (Å²) in [7, 11) is 0. The number of benzene rings is 3. The second-order valence-corrected chi connectivity index (χ2v) is 8.68. The van der Waals surface area contributed by atoms with Crippen molar-refractivity contribution in [3.8, 4) is 17.1 Å². The van der Waals surface area contributed by atoms with Gasteiger partial charge in [-0.25, -0.2) is 9.82 Å². The van der Waals surface area contributed by atoms with Crippen LogP contribution in [0.15, 0.2) is 71.8 Å². The minimum absolute atomic E-state index is 0.0402. The van der Waals surface area contributed by atoms with Crippen LogP contribution in [0.25, 0.3) is 11.4 Å². The quantitative estimate of drug-likeness (QED) is 0.119. The average Bonchev–Trinajstić information content (AvgIpc) is 2.88. The number of hydrogen-bond acceptors (Lipinski definition) is 7. The Balaban J connectivity index is 1.61. The SMILES string of the molecule is C/C(=N\Nc1nc(Nc2ccc(Cl)cc2)nc(-c2c(F)cccc2Cl)n1)c1ccc(OC(F)(F)C(F)F)cc1. The third kappa shape index (κ3) is 7.09. The van der Waals surface area contributed by atoms with Crippen LogP contribution in [0, 0.1) is 5.82 Å². The van der Waals surface area contributed by atoms with Gasteiger partial charge in [0.15, 0.2) is 5.82 Å². The first-order valence-electron chi connectivity index (χ1n) is 11.0. The zero-order valence-electron chi connectivity index (χ0n) is 19.8. The van der Waals surface area contributed by atoms with Gasteiger partial charge in [0.25, 0.3) is 0 Å².